The Hall–Kier alpha value is -3.21. The third kappa shape index (κ3) is 4.01. The Balaban J connectivity index is 2.02. The molecule has 130 valence electrons. The fraction of sp³-hybridized carbons (Fsp3) is 0.353. The summed E-state index contributed by atoms with van der Waals surface area (Å²) in [5.74, 6) is -1.25. The van der Waals surface area contributed by atoms with Crippen molar-refractivity contribution in [1.82, 2.24) is 14.5 Å². The number of esters is 1. The van der Waals surface area contributed by atoms with Gasteiger partial charge in [-0.2, -0.15) is 5.26 Å². The van der Waals surface area contributed by atoms with E-state index in [4.69, 9.17) is 10.00 Å². The average molecular weight is 342 g/mol. The van der Waals surface area contributed by atoms with Crippen LogP contribution < -0.4 is 5.56 Å². The minimum atomic E-state index is -1.01. The lowest BCUT2D eigenvalue weighted by Gasteiger charge is -2.28. The number of benzene rings is 1. The Bertz CT molecular complexity index is 911. The van der Waals surface area contributed by atoms with E-state index in [9.17, 15) is 14.4 Å². The smallest absolute Gasteiger partial charge is 0.326 e. The monoisotopic (exact) mass is 342 g/mol. The molecule has 0 aliphatic heterocycles. The number of nitrogens with zero attached hydrogens (tertiary/aromatic N) is 4. The van der Waals surface area contributed by atoms with Crippen LogP contribution in [0.2, 0.25) is 0 Å². The Kier molecular flexibility index (Phi) is 5.17. The second-order valence-corrected chi connectivity index (χ2v) is 5.98. The van der Waals surface area contributed by atoms with Crippen LogP contribution in [0.4, 0.5) is 0 Å². The number of nitriles is 1. The van der Waals surface area contributed by atoms with Crippen LogP contribution in [-0.2, 0) is 20.9 Å². The van der Waals surface area contributed by atoms with Gasteiger partial charge in [-0.1, -0.05) is 12.1 Å². The first-order chi connectivity index (χ1) is 11.8. The summed E-state index contributed by atoms with van der Waals surface area (Å²) in [6.07, 6.45) is 1.26. The van der Waals surface area contributed by atoms with Crippen LogP contribution in [0.25, 0.3) is 10.9 Å². The molecule has 0 saturated heterocycles. The van der Waals surface area contributed by atoms with Gasteiger partial charge >= 0.3 is 5.97 Å². The zero-order valence-electron chi connectivity index (χ0n) is 14.2. The Morgan fingerprint density at radius 3 is 2.72 bits per heavy atom. The normalized spacial score (nSPS) is 11.0. The molecular formula is C17H18N4O4. The summed E-state index contributed by atoms with van der Waals surface area (Å²) in [7, 11) is 1.46. The first kappa shape index (κ1) is 18.1. The number of likely N-dealkylation sites (N-methyl/N-ethyl adjacent to an activating group) is 1. The summed E-state index contributed by atoms with van der Waals surface area (Å²) in [5, 5.41) is 9.40. The second-order valence-electron chi connectivity index (χ2n) is 5.98. The molecule has 0 fully saturated rings. The fourth-order valence-electron chi connectivity index (χ4n) is 2.03. The average Bonchev–Trinajstić information content (AvgIpc) is 2.61. The maximum Gasteiger partial charge on any atom is 0.326 e. The highest BCUT2D eigenvalue weighted by Crippen LogP contribution is 2.10. The van der Waals surface area contributed by atoms with E-state index in [1.807, 2.05) is 6.07 Å². The van der Waals surface area contributed by atoms with Crippen LogP contribution in [0.1, 0.15) is 13.8 Å². The number of hydrogen-bond acceptors (Lipinski definition) is 6. The van der Waals surface area contributed by atoms with Crippen molar-refractivity contribution in [3.8, 4) is 6.07 Å². The lowest BCUT2D eigenvalue weighted by Crippen LogP contribution is -2.45. The lowest BCUT2D eigenvalue weighted by molar-refractivity contribution is -0.153. The molecule has 8 heteroatoms. The standard InChI is InChI=1S/C17H18N4O4/c1-17(2,10-18)20(3)14(22)9-25-15(23)8-21-11-19-13-7-5-4-6-12(13)16(21)24/h4-7,11H,8-9H2,1-3H3. The molecule has 0 spiro atoms. The Labute approximate surface area is 144 Å². The van der Waals surface area contributed by atoms with E-state index in [1.165, 1.54) is 18.3 Å². The van der Waals surface area contributed by atoms with Crippen molar-refractivity contribution in [3.63, 3.8) is 0 Å². The fourth-order valence-corrected chi connectivity index (χ4v) is 2.03. The summed E-state index contributed by atoms with van der Waals surface area (Å²) in [6.45, 7) is 2.30. The minimum absolute atomic E-state index is 0.352. The minimum Gasteiger partial charge on any atom is -0.454 e. The number of hydrogen-bond donors (Lipinski definition) is 0. The number of rotatable bonds is 5. The molecule has 1 aromatic carbocycles. The second kappa shape index (κ2) is 7.13. The van der Waals surface area contributed by atoms with Crippen molar-refractivity contribution in [1.29, 1.82) is 5.26 Å². The molecule has 0 unspecified atom stereocenters. The van der Waals surface area contributed by atoms with Gasteiger partial charge in [-0.25, -0.2) is 4.98 Å². The van der Waals surface area contributed by atoms with Gasteiger partial charge in [-0.3, -0.25) is 19.0 Å². The summed E-state index contributed by atoms with van der Waals surface area (Å²) in [5.41, 5.74) is -0.841. The molecule has 0 aliphatic rings. The first-order valence-corrected chi connectivity index (χ1v) is 7.54. The van der Waals surface area contributed by atoms with Crippen molar-refractivity contribution in [2.24, 2.45) is 0 Å². The van der Waals surface area contributed by atoms with Gasteiger partial charge in [0.25, 0.3) is 11.5 Å². The van der Waals surface area contributed by atoms with Gasteiger partial charge in [0.05, 0.1) is 23.3 Å². The molecule has 1 amide bonds. The highest BCUT2D eigenvalue weighted by atomic mass is 16.5. The van der Waals surface area contributed by atoms with Crippen LogP contribution in [-0.4, -0.2) is 45.5 Å². The van der Waals surface area contributed by atoms with Gasteiger partial charge < -0.3 is 9.64 Å². The van der Waals surface area contributed by atoms with Gasteiger partial charge in [-0.15, -0.1) is 0 Å². The molecule has 0 atom stereocenters. The van der Waals surface area contributed by atoms with Crippen molar-refractivity contribution >= 4 is 22.8 Å². The predicted molar refractivity (Wildman–Crippen MR) is 89.4 cm³/mol. The molecule has 1 aromatic heterocycles. The van der Waals surface area contributed by atoms with E-state index in [0.29, 0.717) is 10.9 Å². The van der Waals surface area contributed by atoms with E-state index in [-0.39, 0.29) is 12.1 Å². The van der Waals surface area contributed by atoms with Crippen LogP contribution in [0.5, 0.6) is 0 Å². The van der Waals surface area contributed by atoms with Crippen molar-refractivity contribution < 1.29 is 14.3 Å². The zero-order valence-corrected chi connectivity index (χ0v) is 14.2. The maximum atomic E-state index is 12.3. The Morgan fingerprint density at radius 2 is 2.04 bits per heavy atom. The van der Waals surface area contributed by atoms with Gasteiger partial charge in [0.15, 0.2) is 6.61 Å². The topological polar surface area (TPSA) is 105 Å². The number of para-hydroxylation sites is 1. The van der Waals surface area contributed by atoms with E-state index >= 15 is 0 Å². The predicted octanol–water partition coefficient (Wildman–Crippen LogP) is 0.700. The van der Waals surface area contributed by atoms with Crippen LogP contribution in [0.3, 0.4) is 0 Å². The summed E-state index contributed by atoms with van der Waals surface area (Å²) in [4.78, 5) is 41.5. The highest BCUT2D eigenvalue weighted by molar-refractivity contribution is 5.81. The van der Waals surface area contributed by atoms with Gasteiger partial charge in [0.1, 0.15) is 12.1 Å². The molecule has 0 radical (unpaired) electrons. The van der Waals surface area contributed by atoms with Gasteiger partial charge in [0.2, 0.25) is 0 Å². The quantitative estimate of drug-likeness (QED) is 0.741. The van der Waals surface area contributed by atoms with Gasteiger partial charge in [0, 0.05) is 7.05 Å². The maximum absolute atomic E-state index is 12.3. The third-order valence-electron chi connectivity index (χ3n) is 3.87. The summed E-state index contributed by atoms with van der Waals surface area (Å²) < 4.78 is 6.03. The number of carbonyl (C=O) groups excluding carboxylic acids is 2. The van der Waals surface area contributed by atoms with Crippen LogP contribution >= 0.6 is 0 Å². The molecule has 1 heterocycles. The third-order valence-corrected chi connectivity index (χ3v) is 3.87. The zero-order chi connectivity index (χ0) is 18.6. The molecule has 25 heavy (non-hydrogen) atoms. The van der Waals surface area contributed by atoms with E-state index in [2.05, 4.69) is 4.98 Å². The number of aromatic nitrogens is 2. The Morgan fingerprint density at radius 1 is 1.36 bits per heavy atom. The number of fused-ring (bicyclic) bond motifs is 1. The van der Waals surface area contributed by atoms with Crippen molar-refractivity contribution in [3.05, 3.63) is 40.9 Å². The number of amides is 1. The molecule has 2 aromatic rings. The molecule has 0 N–H and O–H groups in total. The van der Waals surface area contributed by atoms with E-state index in [0.717, 1.165) is 4.57 Å². The van der Waals surface area contributed by atoms with E-state index < -0.39 is 24.0 Å². The number of carbonyl (C=O) groups is 2. The summed E-state index contributed by atoms with van der Waals surface area (Å²) in [6, 6.07) is 8.77. The molecule has 8 nitrogen and oxygen atoms in total. The largest absolute Gasteiger partial charge is 0.454 e. The van der Waals surface area contributed by atoms with Crippen LogP contribution in [0.15, 0.2) is 35.4 Å². The lowest BCUT2D eigenvalue weighted by atomic mass is 10.1. The molecular weight excluding hydrogens is 324 g/mol. The van der Waals surface area contributed by atoms with Gasteiger partial charge in [-0.05, 0) is 26.0 Å². The molecule has 0 aliphatic carbocycles. The molecule has 0 saturated carbocycles. The molecule has 0 bridgehead atoms. The van der Waals surface area contributed by atoms with Crippen LogP contribution in [0, 0.1) is 11.3 Å². The SMILES string of the molecule is CN(C(=O)COC(=O)Cn1cnc2ccccc2c1=O)C(C)(C)C#N. The first-order valence-electron chi connectivity index (χ1n) is 7.54. The summed E-state index contributed by atoms with van der Waals surface area (Å²) >= 11 is 0. The van der Waals surface area contributed by atoms with Crippen molar-refractivity contribution in [2.45, 2.75) is 25.9 Å². The highest BCUT2D eigenvalue weighted by Gasteiger charge is 2.27. The molecule has 2 rings (SSSR count). The van der Waals surface area contributed by atoms with E-state index in [1.54, 1.807) is 38.1 Å². The van der Waals surface area contributed by atoms with Crippen molar-refractivity contribution in [2.75, 3.05) is 13.7 Å². The number of ether oxygens (including phenoxy) is 1.